The van der Waals surface area contributed by atoms with Gasteiger partial charge in [-0.05, 0) is 87.6 Å². The number of rotatable bonds is 11. The van der Waals surface area contributed by atoms with Crippen molar-refractivity contribution in [3.8, 4) is 11.5 Å². The Kier molecular flexibility index (Phi) is 10.3. The molecule has 0 aliphatic rings. The standard InChI is InChI=1S/C33H52O4/c1-22-18-27(23(2)34-12)30(28(19-22)24(3)35-13)36-21-33(10,11)37-26-16-14-25(15-17-26)29(32(7,8)9)20-31(4,5)6/h14-19,23-24,29H,20-21H2,1-13H3. The number of methoxy groups -OCH3 is 2. The molecule has 0 amide bonds. The molecule has 4 heteroatoms. The van der Waals surface area contributed by atoms with Gasteiger partial charge in [0.2, 0.25) is 0 Å². The Hall–Kier alpha value is -2.04. The van der Waals surface area contributed by atoms with Gasteiger partial charge in [0.25, 0.3) is 0 Å². The van der Waals surface area contributed by atoms with Gasteiger partial charge in [-0.2, -0.15) is 0 Å². The molecule has 2 aromatic rings. The summed E-state index contributed by atoms with van der Waals surface area (Å²) in [5.41, 5.74) is 4.47. The molecule has 2 rings (SSSR count). The highest BCUT2D eigenvalue weighted by Gasteiger charge is 2.31. The van der Waals surface area contributed by atoms with E-state index in [0.29, 0.717) is 12.5 Å². The van der Waals surface area contributed by atoms with Crippen LogP contribution < -0.4 is 9.47 Å². The van der Waals surface area contributed by atoms with E-state index in [1.807, 2.05) is 13.8 Å². The Labute approximate surface area is 227 Å². The molecule has 0 saturated heterocycles. The minimum absolute atomic E-state index is 0.0989. The lowest BCUT2D eigenvalue weighted by atomic mass is 9.69. The van der Waals surface area contributed by atoms with Crippen LogP contribution in [0.25, 0.3) is 0 Å². The second kappa shape index (κ2) is 12.2. The van der Waals surface area contributed by atoms with E-state index in [-0.39, 0.29) is 23.0 Å². The first kappa shape index (κ1) is 31.2. The maximum atomic E-state index is 6.48. The Morgan fingerprint density at radius 1 is 0.757 bits per heavy atom. The molecule has 208 valence electrons. The van der Waals surface area contributed by atoms with Crippen molar-refractivity contribution in [2.75, 3.05) is 20.8 Å². The maximum Gasteiger partial charge on any atom is 0.137 e. The van der Waals surface area contributed by atoms with Gasteiger partial charge in [-0.25, -0.2) is 0 Å². The molecule has 0 heterocycles. The third-order valence-corrected chi connectivity index (χ3v) is 6.98. The Morgan fingerprint density at radius 3 is 1.65 bits per heavy atom. The molecule has 0 fully saturated rings. The Morgan fingerprint density at radius 2 is 1.24 bits per heavy atom. The minimum atomic E-state index is -0.539. The van der Waals surface area contributed by atoms with Crippen molar-refractivity contribution in [3.63, 3.8) is 0 Å². The SMILES string of the molecule is COC(C)c1cc(C)cc(C(C)OC)c1OCC(C)(C)Oc1ccc(C(CC(C)(C)C)C(C)(C)C)cc1. The average molecular weight is 513 g/mol. The number of ether oxygens (including phenoxy) is 4. The number of hydrogen-bond donors (Lipinski definition) is 0. The van der Waals surface area contributed by atoms with E-state index in [1.165, 1.54) is 5.56 Å². The van der Waals surface area contributed by atoms with E-state index in [1.54, 1.807) is 14.2 Å². The van der Waals surface area contributed by atoms with Crippen LogP contribution in [-0.2, 0) is 9.47 Å². The fourth-order valence-corrected chi connectivity index (χ4v) is 4.75. The molecule has 0 radical (unpaired) electrons. The predicted molar refractivity (Wildman–Crippen MR) is 155 cm³/mol. The zero-order valence-corrected chi connectivity index (χ0v) is 25.7. The van der Waals surface area contributed by atoms with Crippen LogP contribution in [0.2, 0.25) is 0 Å². The van der Waals surface area contributed by atoms with E-state index < -0.39 is 5.60 Å². The van der Waals surface area contributed by atoms with Crippen LogP contribution in [0.5, 0.6) is 11.5 Å². The van der Waals surface area contributed by atoms with Crippen LogP contribution in [0, 0.1) is 17.8 Å². The number of benzene rings is 2. The lowest BCUT2D eigenvalue weighted by Gasteiger charge is -2.36. The largest absolute Gasteiger partial charge is 0.489 e. The zero-order chi connectivity index (χ0) is 28.2. The molecule has 2 aromatic carbocycles. The quantitative estimate of drug-likeness (QED) is 0.301. The summed E-state index contributed by atoms with van der Waals surface area (Å²) in [6.07, 6.45) is 0.938. The predicted octanol–water partition coefficient (Wildman–Crippen LogP) is 9.21. The monoisotopic (exact) mass is 512 g/mol. The van der Waals surface area contributed by atoms with E-state index >= 15 is 0 Å². The molecular weight excluding hydrogens is 460 g/mol. The summed E-state index contributed by atoms with van der Waals surface area (Å²) in [6, 6.07) is 12.9. The summed E-state index contributed by atoms with van der Waals surface area (Å²) in [5, 5.41) is 0. The summed E-state index contributed by atoms with van der Waals surface area (Å²) in [4.78, 5) is 0. The number of hydrogen-bond acceptors (Lipinski definition) is 4. The second-order valence-corrected chi connectivity index (χ2v) is 13.4. The highest BCUT2D eigenvalue weighted by Crippen LogP contribution is 2.43. The summed E-state index contributed by atoms with van der Waals surface area (Å²) in [6.45, 7) is 24.6. The van der Waals surface area contributed by atoms with Crippen LogP contribution in [0.3, 0.4) is 0 Å². The van der Waals surface area contributed by atoms with E-state index in [2.05, 4.69) is 98.7 Å². The first-order valence-electron chi connectivity index (χ1n) is 13.6. The molecule has 0 aromatic heterocycles. The minimum Gasteiger partial charge on any atom is -0.489 e. The van der Waals surface area contributed by atoms with Gasteiger partial charge in [-0.3, -0.25) is 0 Å². The van der Waals surface area contributed by atoms with E-state index in [0.717, 1.165) is 34.6 Å². The van der Waals surface area contributed by atoms with Crippen molar-refractivity contribution in [1.82, 2.24) is 0 Å². The van der Waals surface area contributed by atoms with Crippen molar-refractivity contribution in [3.05, 3.63) is 58.7 Å². The van der Waals surface area contributed by atoms with Gasteiger partial charge < -0.3 is 18.9 Å². The highest BCUT2D eigenvalue weighted by atomic mass is 16.5. The van der Waals surface area contributed by atoms with Crippen LogP contribution >= 0.6 is 0 Å². The Bertz CT molecular complexity index is 961. The van der Waals surface area contributed by atoms with Crippen LogP contribution in [0.1, 0.15) is 116 Å². The fraction of sp³-hybridized carbons (Fsp3) is 0.636. The van der Waals surface area contributed by atoms with E-state index in [9.17, 15) is 0 Å². The molecule has 0 aliphatic heterocycles. The smallest absolute Gasteiger partial charge is 0.137 e. The van der Waals surface area contributed by atoms with Crippen LogP contribution in [-0.4, -0.2) is 26.4 Å². The lowest BCUT2D eigenvalue weighted by molar-refractivity contribution is 0.0460. The summed E-state index contributed by atoms with van der Waals surface area (Å²) in [5.74, 6) is 2.14. The molecule has 0 spiro atoms. The average Bonchev–Trinajstić information content (AvgIpc) is 2.79. The zero-order valence-electron chi connectivity index (χ0n) is 25.7. The van der Waals surface area contributed by atoms with Crippen molar-refractivity contribution < 1.29 is 18.9 Å². The molecule has 0 N–H and O–H groups in total. The fourth-order valence-electron chi connectivity index (χ4n) is 4.75. The van der Waals surface area contributed by atoms with Crippen molar-refractivity contribution in [2.24, 2.45) is 10.8 Å². The van der Waals surface area contributed by atoms with Crippen LogP contribution in [0.4, 0.5) is 0 Å². The van der Waals surface area contributed by atoms with E-state index in [4.69, 9.17) is 18.9 Å². The molecule has 0 bridgehead atoms. The summed E-state index contributed by atoms with van der Waals surface area (Å²) >= 11 is 0. The van der Waals surface area contributed by atoms with Gasteiger partial charge in [-0.1, -0.05) is 59.2 Å². The lowest BCUT2D eigenvalue weighted by Crippen LogP contribution is -2.36. The first-order valence-corrected chi connectivity index (χ1v) is 13.6. The Balaban J connectivity index is 2.25. The number of aryl methyl sites for hydroxylation is 1. The third kappa shape index (κ3) is 9.04. The highest BCUT2D eigenvalue weighted by molar-refractivity contribution is 5.47. The molecule has 0 saturated carbocycles. The van der Waals surface area contributed by atoms with Crippen LogP contribution in [0.15, 0.2) is 36.4 Å². The van der Waals surface area contributed by atoms with Gasteiger partial charge in [-0.15, -0.1) is 0 Å². The van der Waals surface area contributed by atoms with Crippen molar-refractivity contribution in [2.45, 2.75) is 106 Å². The molecule has 3 unspecified atom stereocenters. The maximum absolute atomic E-state index is 6.48. The summed E-state index contributed by atoms with van der Waals surface area (Å²) in [7, 11) is 3.44. The molecule has 0 aliphatic carbocycles. The van der Waals surface area contributed by atoms with Gasteiger partial charge in [0.1, 0.15) is 23.7 Å². The third-order valence-electron chi connectivity index (χ3n) is 6.98. The van der Waals surface area contributed by atoms with Gasteiger partial charge in [0.05, 0.1) is 12.2 Å². The van der Waals surface area contributed by atoms with Gasteiger partial charge in [0, 0.05) is 25.3 Å². The first-order chi connectivity index (χ1) is 17.0. The van der Waals surface area contributed by atoms with Crippen molar-refractivity contribution in [1.29, 1.82) is 0 Å². The van der Waals surface area contributed by atoms with Gasteiger partial charge in [0.15, 0.2) is 0 Å². The van der Waals surface area contributed by atoms with Crippen molar-refractivity contribution >= 4 is 0 Å². The molecular formula is C33H52O4. The van der Waals surface area contributed by atoms with Gasteiger partial charge >= 0.3 is 0 Å². The molecule has 3 atom stereocenters. The normalized spacial score (nSPS) is 15.3. The molecule has 37 heavy (non-hydrogen) atoms. The summed E-state index contributed by atoms with van der Waals surface area (Å²) < 4.78 is 24.2. The molecule has 4 nitrogen and oxygen atoms in total. The second-order valence-electron chi connectivity index (χ2n) is 13.4. The topological polar surface area (TPSA) is 36.9 Å².